The van der Waals surface area contributed by atoms with E-state index in [1.54, 1.807) is 29.2 Å². The molecule has 103 valence electrons. The summed E-state index contributed by atoms with van der Waals surface area (Å²) < 4.78 is 6.11. The van der Waals surface area contributed by atoms with Gasteiger partial charge >= 0.3 is 0 Å². The SMILES string of the molecule is CCC(C)C1OC(c2cncs2)=[C]N1c1ccncc1. The molecule has 0 spiro atoms. The van der Waals surface area contributed by atoms with E-state index in [4.69, 9.17) is 4.74 Å². The molecule has 4 nitrogen and oxygen atoms in total. The van der Waals surface area contributed by atoms with Crippen molar-refractivity contribution in [2.24, 2.45) is 5.92 Å². The number of nitrogens with zero attached hydrogens (tertiary/aromatic N) is 3. The Labute approximate surface area is 122 Å². The summed E-state index contributed by atoms with van der Waals surface area (Å²) in [6.45, 7) is 4.36. The van der Waals surface area contributed by atoms with Crippen LogP contribution in [-0.4, -0.2) is 16.2 Å². The second-order valence-electron chi connectivity index (χ2n) is 4.78. The van der Waals surface area contributed by atoms with Crippen LogP contribution in [0.15, 0.2) is 36.2 Å². The first-order valence-corrected chi connectivity index (χ1v) is 7.56. The topological polar surface area (TPSA) is 38.2 Å². The van der Waals surface area contributed by atoms with Crippen molar-refractivity contribution in [1.29, 1.82) is 0 Å². The van der Waals surface area contributed by atoms with Crippen molar-refractivity contribution in [2.45, 2.75) is 26.5 Å². The molecule has 1 radical (unpaired) electrons. The highest BCUT2D eigenvalue weighted by Gasteiger charge is 2.32. The normalized spacial score (nSPS) is 19.6. The lowest BCUT2D eigenvalue weighted by Gasteiger charge is -2.28. The molecule has 1 aliphatic heterocycles. The highest BCUT2D eigenvalue weighted by molar-refractivity contribution is 7.10. The Hall–Kier alpha value is -1.88. The Kier molecular flexibility index (Phi) is 3.69. The van der Waals surface area contributed by atoms with E-state index in [1.165, 1.54) is 0 Å². The fraction of sp³-hybridized carbons (Fsp3) is 0.333. The summed E-state index contributed by atoms with van der Waals surface area (Å²) in [6, 6.07) is 3.95. The maximum Gasteiger partial charge on any atom is 0.179 e. The summed E-state index contributed by atoms with van der Waals surface area (Å²) in [6.07, 6.45) is 9.75. The Bertz CT molecular complexity index is 582. The van der Waals surface area contributed by atoms with Crippen molar-refractivity contribution in [3.63, 3.8) is 0 Å². The lowest BCUT2D eigenvalue weighted by Crippen LogP contribution is -2.33. The van der Waals surface area contributed by atoms with Gasteiger partial charge in [-0.1, -0.05) is 13.8 Å². The van der Waals surface area contributed by atoms with Crippen LogP contribution in [0.4, 0.5) is 5.69 Å². The van der Waals surface area contributed by atoms with Crippen LogP contribution in [0.3, 0.4) is 0 Å². The quantitative estimate of drug-likeness (QED) is 0.861. The third-order valence-corrected chi connectivity index (χ3v) is 4.21. The lowest BCUT2D eigenvalue weighted by atomic mass is 10.1. The summed E-state index contributed by atoms with van der Waals surface area (Å²) in [5.41, 5.74) is 2.85. The third-order valence-electron chi connectivity index (χ3n) is 3.44. The molecule has 0 aliphatic carbocycles. The minimum Gasteiger partial charge on any atom is -0.466 e. The van der Waals surface area contributed by atoms with Crippen molar-refractivity contribution < 1.29 is 4.74 Å². The predicted octanol–water partition coefficient (Wildman–Crippen LogP) is 3.55. The van der Waals surface area contributed by atoms with E-state index in [2.05, 4.69) is 34.9 Å². The van der Waals surface area contributed by atoms with Crippen LogP contribution in [0.2, 0.25) is 0 Å². The molecule has 0 saturated heterocycles. The molecule has 3 rings (SSSR count). The van der Waals surface area contributed by atoms with Gasteiger partial charge in [0.2, 0.25) is 0 Å². The average molecular weight is 286 g/mol. The Balaban J connectivity index is 1.94. The fourth-order valence-electron chi connectivity index (χ4n) is 2.10. The Morgan fingerprint density at radius 1 is 1.40 bits per heavy atom. The molecule has 2 atom stereocenters. The fourth-order valence-corrected chi connectivity index (χ4v) is 2.66. The van der Waals surface area contributed by atoms with Crippen LogP contribution in [-0.2, 0) is 4.74 Å². The molecule has 1 aliphatic rings. The number of thiazole rings is 1. The van der Waals surface area contributed by atoms with Gasteiger partial charge in [-0.25, -0.2) is 0 Å². The van der Waals surface area contributed by atoms with Crippen molar-refractivity contribution >= 4 is 22.8 Å². The molecule has 3 heterocycles. The zero-order valence-corrected chi connectivity index (χ0v) is 12.3. The monoisotopic (exact) mass is 286 g/mol. The maximum absolute atomic E-state index is 6.11. The van der Waals surface area contributed by atoms with Gasteiger partial charge in [0.1, 0.15) is 6.20 Å². The first-order chi connectivity index (χ1) is 9.79. The minimum atomic E-state index is -0.0282. The molecule has 5 heteroatoms. The molecule has 0 saturated carbocycles. The zero-order chi connectivity index (χ0) is 13.9. The molecule has 0 fully saturated rings. The lowest BCUT2D eigenvalue weighted by molar-refractivity contribution is 0.132. The van der Waals surface area contributed by atoms with Crippen molar-refractivity contribution in [2.75, 3.05) is 4.90 Å². The number of ether oxygens (including phenoxy) is 1. The van der Waals surface area contributed by atoms with Gasteiger partial charge in [-0.05, 0) is 18.6 Å². The first kappa shape index (κ1) is 13.1. The smallest absolute Gasteiger partial charge is 0.179 e. The van der Waals surface area contributed by atoms with Crippen molar-refractivity contribution in [3.8, 4) is 0 Å². The molecule has 2 unspecified atom stereocenters. The van der Waals surface area contributed by atoms with Gasteiger partial charge in [-0.2, -0.15) is 0 Å². The van der Waals surface area contributed by atoms with Crippen LogP contribution in [0, 0.1) is 12.1 Å². The number of anilines is 1. The number of rotatable bonds is 4. The van der Waals surface area contributed by atoms with E-state index < -0.39 is 0 Å². The van der Waals surface area contributed by atoms with Crippen LogP contribution in [0.25, 0.3) is 5.76 Å². The number of pyridine rings is 1. The molecule has 2 aromatic rings. The van der Waals surface area contributed by atoms with E-state index in [9.17, 15) is 0 Å². The van der Waals surface area contributed by atoms with Gasteiger partial charge in [0.15, 0.2) is 12.0 Å². The van der Waals surface area contributed by atoms with E-state index in [0.29, 0.717) is 5.92 Å². The van der Waals surface area contributed by atoms with Gasteiger partial charge < -0.3 is 4.74 Å². The molecule has 2 aromatic heterocycles. The zero-order valence-electron chi connectivity index (χ0n) is 11.5. The van der Waals surface area contributed by atoms with Gasteiger partial charge in [0.05, 0.1) is 10.4 Å². The summed E-state index contributed by atoms with van der Waals surface area (Å²) in [5.74, 6) is 1.18. The summed E-state index contributed by atoms with van der Waals surface area (Å²) in [7, 11) is 0. The van der Waals surface area contributed by atoms with Gasteiger partial charge in [0.25, 0.3) is 0 Å². The minimum absolute atomic E-state index is 0.0282. The van der Waals surface area contributed by atoms with E-state index in [1.807, 2.05) is 18.3 Å². The standard InChI is InChI=1S/C15H16N3OS/c1-3-11(2)15-18(12-4-6-16-7-5-12)9-13(19-15)14-8-17-10-20-14/h4-8,10-11,15H,3H2,1-2H3. The number of hydrogen-bond donors (Lipinski definition) is 0. The highest BCUT2D eigenvalue weighted by Crippen LogP contribution is 2.35. The highest BCUT2D eigenvalue weighted by atomic mass is 32.1. The van der Waals surface area contributed by atoms with Crippen molar-refractivity contribution in [1.82, 2.24) is 9.97 Å². The van der Waals surface area contributed by atoms with Gasteiger partial charge in [-0.15, -0.1) is 11.3 Å². The van der Waals surface area contributed by atoms with Crippen LogP contribution in [0.1, 0.15) is 25.1 Å². The number of hydrogen-bond acceptors (Lipinski definition) is 5. The largest absolute Gasteiger partial charge is 0.466 e. The van der Waals surface area contributed by atoms with E-state index in [-0.39, 0.29) is 6.23 Å². The summed E-state index contributed by atoms with van der Waals surface area (Å²) in [5, 5.41) is 0. The third kappa shape index (κ3) is 2.41. The predicted molar refractivity (Wildman–Crippen MR) is 79.8 cm³/mol. The molecular weight excluding hydrogens is 270 g/mol. The Morgan fingerprint density at radius 2 is 2.20 bits per heavy atom. The molecule has 20 heavy (non-hydrogen) atoms. The molecule has 0 aromatic carbocycles. The molecule has 0 bridgehead atoms. The number of aromatic nitrogens is 2. The second kappa shape index (κ2) is 5.63. The van der Waals surface area contributed by atoms with E-state index >= 15 is 0 Å². The van der Waals surface area contributed by atoms with Crippen LogP contribution < -0.4 is 4.90 Å². The van der Waals surface area contributed by atoms with Gasteiger partial charge in [-0.3, -0.25) is 14.9 Å². The van der Waals surface area contributed by atoms with Gasteiger partial charge in [0, 0.05) is 30.2 Å². The molecular formula is C15H16N3OS. The molecule has 0 amide bonds. The maximum atomic E-state index is 6.11. The Morgan fingerprint density at radius 3 is 2.85 bits per heavy atom. The van der Waals surface area contributed by atoms with E-state index in [0.717, 1.165) is 22.7 Å². The average Bonchev–Trinajstić information content (AvgIpc) is 3.16. The summed E-state index contributed by atoms with van der Waals surface area (Å²) in [4.78, 5) is 11.2. The summed E-state index contributed by atoms with van der Waals surface area (Å²) >= 11 is 1.56. The van der Waals surface area contributed by atoms with Crippen molar-refractivity contribution in [3.05, 3.63) is 47.3 Å². The van der Waals surface area contributed by atoms with Crippen LogP contribution >= 0.6 is 11.3 Å². The second-order valence-corrected chi connectivity index (χ2v) is 5.66. The van der Waals surface area contributed by atoms with Crippen LogP contribution in [0.5, 0.6) is 0 Å². The molecule has 0 N–H and O–H groups in total. The first-order valence-electron chi connectivity index (χ1n) is 6.68.